The molecule has 104 valence electrons. The lowest BCUT2D eigenvalue weighted by molar-refractivity contribution is -0.143. The molecule has 1 amide bonds. The molecule has 2 rings (SSSR count). The predicted octanol–water partition coefficient (Wildman–Crippen LogP) is 2.22. The van der Waals surface area contributed by atoms with E-state index in [4.69, 9.17) is 9.52 Å². The lowest BCUT2D eigenvalue weighted by atomic mass is 9.85. The summed E-state index contributed by atoms with van der Waals surface area (Å²) in [4.78, 5) is 23.1. The first-order chi connectivity index (χ1) is 9.11. The van der Waals surface area contributed by atoms with Crippen LogP contribution in [0.2, 0.25) is 0 Å². The zero-order valence-corrected chi connectivity index (χ0v) is 11.0. The number of aliphatic carboxylic acids is 1. The Labute approximate surface area is 112 Å². The van der Waals surface area contributed by atoms with E-state index >= 15 is 0 Å². The molecule has 1 fully saturated rings. The van der Waals surface area contributed by atoms with Gasteiger partial charge in [0.2, 0.25) is 0 Å². The molecule has 1 aliphatic rings. The fourth-order valence-corrected chi connectivity index (χ4v) is 2.63. The highest BCUT2D eigenvalue weighted by Crippen LogP contribution is 2.25. The van der Waals surface area contributed by atoms with Crippen molar-refractivity contribution in [2.24, 2.45) is 5.92 Å². The van der Waals surface area contributed by atoms with E-state index < -0.39 is 5.97 Å². The fourth-order valence-electron chi connectivity index (χ4n) is 2.63. The number of amides is 1. The zero-order valence-electron chi connectivity index (χ0n) is 11.0. The number of carbonyl (C=O) groups excluding carboxylic acids is 1. The van der Waals surface area contributed by atoms with Gasteiger partial charge in [-0.15, -0.1) is 0 Å². The van der Waals surface area contributed by atoms with Crippen LogP contribution in [0.15, 0.2) is 16.7 Å². The molecule has 0 radical (unpaired) electrons. The normalized spacial score (nSPS) is 23.0. The minimum absolute atomic E-state index is 0.0537. The van der Waals surface area contributed by atoms with Crippen molar-refractivity contribution < 1.29 is 19.1 Å². The molecule has 1 saturated carbocycles. The summed E-state index contributed by atoms with van der Waals surface area (Å²) in [6, 6.07) is 1.60. The van der Waals surface area contributed by atoms with Gasteiger partial charge in [-0.05, 0) is 25.3 Å². The Bertz CT molecular complexity index is 466. The minimum Gasteiger partial charge on any atom is -0.481 e. The van der Waals surface area contributed by atoms with Gasteiger partial charge in [-0.1, -0.05) is 13.3 Å². The molecule has 0 aliphatic heterocycles. The van der Waals surface area contributed by atoms with Crippen LogP contribution in [0, 0.1) is 5.92 Å². The molecule has 0 aromatic carbocycles. The Kier molecular flexibility index (Phi) is 4.24. The molecule has 5 nitrogen and oxygen atoms in total. The van der Waals surface area contributed by atoms with Crippen molar-refractivity contribution in [2.75, 3.05) is 0 Å². The Balaban J connectivity index is 1.97. The van der Waals surface area contributed by atoms with E-state index in [0.29, 0.717) is 30.6 Å². The van der Waals surface area contributed by atoms with E-state index in [-0.39, 0.29) is 17.9 Å². The van der Waals surface area contributed by atoms with Gasteiger partial charge < -0.3 is 14.8 Å². The average Bonchev–Trinajstić information content (AvgIpc) is 2.87. The molecule has 0 spiro atoms. The maximum atomic E-state index is 12.1. The first-order valence-electron chi connectivity index (χ1n) is 6.71. The van der Waals surface area contributed by atoms with Crippen molar-refractivity contribution in [3.8, 4) is 0 Å². The molecule has 5 heteroatoms. The summed E-state index contributed by atoms with van der Waals surface area (Å²) in [7, 11) is 0. The molecule has 2 unspecified atom stereocenters. The summed E-state index contributed by atoms with van der Waals surface area (Å²) in [5.41, 5.74) is 0.556. The molecule has 0 saturated heterocycles. The quantitative estimate of drug-likeness (QED) is 0.874. The summed E-state index contributed by atoms with van der Waals surface area (Å²) < 4.78 is 5.23. The van der Waals surface area contributed by atoms with Crippen molar-refractivity contribution in [3.63, 3.8) is 0 Å². The van der Waals surface area contributed by atoms with Crippen LogP contribution in [0.4, 0.5) is 0 Å². The van der Waals surface area contributed by atoms with Gasteiger partial charge in [0.05, 0.1) is 17.7 Å². The molecule has 2 atom stereocenters. The highest BCUT2D eigenvalue weighted by molar-refractivity contribution is 5.95. The summed E-state index contributed by atoms with van der Waals surface area (Å²) >= 11 is 0. The molecule has 1 aliphatic carbocycles. The van der Waals surface area contributed by atoms with Gasteiger partial charge in [-0.25, -0.2) is 0 Å². The van der Waals surface area contributed by atoms with E-state index in [1.165, 1.54) is 6.26 Å². The van der Waals surface area contributed by atoms with E-state index in [2.05, 4.69) is 5.32 Å². The lowest BCUT2D eigenvalue weighted by Crippen LogP contribution is -2.40. The van der Waals surface area contributed by atoms with Crippen LogP contribution in [0.25, 0.3) is 0 Å². The third-order valence-electron chi connectivity index (χ3n) is 3.67. The number of aryl methyl sites for hydroxylation is 1. The summed E-state index contributed by atoms with van der Waals surface area (Å²) in [6.45, 7) is 1.93. The van der Waals surface area contributed by atoms with Crippen molar-refractivity contribution in [3.05, 3.63) is 23.7 Å². The van der Waals surface area contributed by atoms with Crippen molar-refractivity contribution in [1.29, 1.82) is 0 Å². The van der Waals surface area contributed by atoms with Crippen LogP contribution in [0.5, 0.6) is 0 Å². The third kappa shape index (κ3) is 3.16. The van der Waals surface area contributed by atoms with Crippen LogP contribution in [-0.2, 0) is 11.2 Å². The molecular formula is C14H19NO4. The molecular weight excluding hydrogens is 246 g/mol. The number of carboxylic acid groups (broad SMARTS) is 1. The number of carboxylic acids is 1. The van der Waals surface area contributed by atoms with E-state index in [1.54, 1.807) is 6.07 Å². The first-order valence-corrected chi connectivity index (χ1v) is 6.71. The molecule has 1 aromatic heterocycles. The van der Waals surface area contributed by atoms with Crippen LogP contribution in [0.3, 0.4) is 0 Å². The maximum Gasteiger partial charge on any atom is 0.306 e. The second-order valence-corrected chi connectivity index (χ2v) is 4.98. The summed E-state index contributed by atoms with van der Waals surface area (Å²) in [5.74, 6) is -0.602. The van der Waals surface area contributed by atoms with Gasteiger partial charge >= 0.3 is 5.97 Å². The summed E-state index contributed by atoms with van der Waals surface area (Å²) in [6.07, 6.45) is 5.07. The highest BCUT2D eigenvalue weighted by Gasteiger charge is 2.28. The van der Waals surface area contributed by atoms with Gasteiger partial charge in [0.15, 0.2) is 0 Å². The predicted molar refractivity (Wildman–Crippen MR) is 68.9 cm³/mol. The standard InChI is InChI=1S/C14H19NO4/c1-2-12-11(6-7-19-12)13(16)15-10-5-3-4-9(8-10)14(17)18/h6-7,9-10H,2-5,8H2,1H3,(H,15,16)(H,17,18). The number of carbonyl (C=O) groups is 2. The van der Waals surface area contributed by atoms with Gasteiger partial charge in [0.1, 0.15) is 5.76 Å². The van der Waals surface area contributed by atoms with Gasteiger partial charge in [0.25, 0.3) is 5.91 Å². The lowest BCUT2D eigenvalue weighted by Gasteiger charge is -2.27. The second-order valence-electron chi connectivity index (χ2n) is 4.98. The van der Waals surface area contributed by atoms with Crippen LogP contribution >= 0.6 is 0 Å². The van der Waals surface area contributed by atoms with E-state index in [9.17, 15) is 9.59 Å². The average molecular weight is 265 g/mol. The Morgan fingerprint density at radius 3 is 2.95 bits per heavy atom. The SMILES string of the molecule is CCc1occc1C(=O)NC1CCCC(C(=O)O)C1. The number of hydrogen-bond donors (Lipinski definition) is 2. The molecule has 0 bridgehead atoms. The largest absolute Gasteiger partial charge is 0.481 e. The molecule has 1 aromatic rings. The van der Waals surface area contributed by atoms with Crippen molar-refractivity contribution in [2.45, 2.75) is 45.1 Å². The van der Waals surface area contributed by atoms with Crippen molar-refractivity contribution in [1.82, 2.24) is 5.32 Å². The molecule has 1 heterocycles. The molecule has 2 N–H and O–H groups in total. The van der Waals surface area contributed by atoms with Gasteiger partial charge in [-0.3, -0.25) is 9.59 Å². The summed E-state index contributed by atoms with van der Waals surface area (Å²) in [5, 5.41) is 11.9. The van der Waals surface area contributed by atoms with Gasteiger partial charge in [0, 0.05) is 12.5 Å². The monoisotopic (exact) mass is 265 g/mol. The smallest absolute Gasteiger partial charge is 0.306 e. The van der Waals surface area contributed by atoms with Gasteiger partial charge in [-0.2, -0.15) is 0 Å². The second kappa shape index (κ2) is 5.91. The molecule has 19 heavy (non-hydrogen) atoms. The highest BCUT2D eigenvalue weighted by atomic mass is 16.4. The van der Waals surface area contributed by atoms with E-state index in [0.717, 1.165) is 12.8 Å². The fraction of sp³-hybridized carbons (Fsp3) is 0.571. The topological polar surface area (TPSA) is 79.5 Å². The number of hydrogen-bond acceptors (Lipinski definition) is 3. The Hall–Kier alpha value is -1.78. The van der Waals surface area contributed by atoms with E-state index in [1.807, 2.05) is 6.92 Å². The first kappa shape index (κ1) is 13.6. The third-order valence-corrected chi connectivity index (χ3v) is 3.67. The van der Waals surface area contributed by atoms with Crippen LogP contribution in [0.1, 0.15) is 48.7 Å². The van der Waals surface area contributed by atoms with Crippen LogP contribution in [-0.4, -0.2) is 23.0 Å². The Morgan fingerprint density at radius 1 is 1.47 bits per heavy atom. The maximum absolute atomic E-state index is 12.1. The number of furan rings is 1. The minimum atomic E-state index is -0.767. The van der Waals surface area contributed by atoms with Crippen LogP contribution < -0.4 is 5.32 Å². The van der Waals surface area contributed by atoms with Crippen molar-refractivity contribution >= 4 is 11.9 Å². The number of rotatable bonds is 4. The Morgan fingerprint density at radius 2 is 2.26 bits per heavy atom. The number of nitrogens with one attached hydrogen (secondary N) is 1. The zero-order chi connectivity index (χ0) is 13.8.